The van der Waals surface area contributed by atoms with Crippen LogP contribution in [0.1, 0.15) is 21.6 Å². The van der Waals surface area contributed by atoms with Crippen molar-refractivity contribution in [3.8, 4) is 0 Å². The Balaban J connectivity index is 1.77. The van der Waals surface area contributed by atoms with E-state index in [1.807, 2.05) is 56.3 Å². The van der Waals surface area contributed by atoms with Crippen LogP contribution < -0.4 is 5.32 Å². The van der Waals surface area contributed by atoms with Crippen LogP contribution in [-0.4, -0.2) is 35.3 Å². The van der Waals surface area contributed by atoms with E-state index in [9.17, 15) is 9.59 Å². The second-order valence-electron chi connectivity index (χ2n) is 6.18. The number of aryl methyl sites for hydroxylation is 2. The number of carbonyl (C=O) groups excluding carboxylic acids is 2. The zero-order valence-electron chi connectivity index (χ0n) is 14.6. The molecule has 0 aliphatic heterocycles. The van der Waals surface area contributed by atoms with Crippen LogP contribution in [0.2, 0.25) is 0 Å². The summed E-state index contributed by atoms with van der Waals surface area (Å²) in [4.78, 5) is 29.7. The lowest BCUT2D eigenvalue weighted by atomic mass is 10.1. The molecule has 0 spiro atoms. The van der Waals surface area contributed by atoms with Gasteiger partial charge in [-0.25, -0.2) is 0 Å². The molecule has 5 nitrogen and oxygen atoms in total. The topological polar surface area (TPSA) is 65.2 Å². The zero-order chi connectivity index (χ0) is 18.0. The smallest absolute Gasteiger partial charge is 0.256 e. The Hall–Kier alpha value is -3.08. The second kappa shape index (κ2) is 6.81. The van der Waals surface area contributed by atoms with Gasteiger partial charge in [-0.1, -0.05) is 30.3 Å². The van der Waals surface area contributed by atoms with Crippen molar-refractivity contribution in [1.29, 1.82) is 0 Å². The molecule has 25 heavy (non-hydrogen) atoms. The number of aromatic amines is 1. The Morgan fingerprint density at radius 3 is 2.48 bits per heavy atom. The van der Waals surface area contributed by atoms with Crippen LogP contribution in [-0.2, 0) is 4.79 Å². The summed E-state index contributed by atoms with van der Waals surface area (Å²) in [7, 11) is 1.63. The molecule has 0 fully saturated rings. The van der Waals surface area contributed by atoms with Gasteiger partial charge in [0, 0.05) is 23.8 Å². The average molecular weight is 335 g/mol. The fraction of sp³-hybridized carbons (Fsp3) is 0.200. The van der Waals surface area contributed by atoms with Crippen LogP contribution in [0.15, 0.2) is 48.5 Å². The maximum absolute atomic E-state index is 12.8. The van der Waals surface area contributed by atoms with Gasteiger partial charge in [-0.3, -0.25) is 9.59 Å². The van der Waals surface area contributed by atoms with E-state index >= 15 is 0 Å². The number of likely N-dealkylation sites (N-methyl/N-ethyl adjacent to an activating group) is 1. The van der Waals surface area contributed by atoms with E-state index in [1.165, 1.54) is 4.90 Å². The predicted molar refractivity (Wildman–Crippen MR) is 99.8 cm³/mol. The van der Waals surface area contributed by atoms with Gasteiger partial charge in [0.2, 0.25) is 5.91 Å². The Morgan fingerprint density at radius 1 is 1.04 bits per heavy atom. The number of rotatable bonds is 4. The van der Waals surface area contributed by atoms with Gasteiger partial charge < -0.3 is 15.2 Å². The molecule has 0 atom stereocenters. The lowest BCUT2D eigenvalue weighted by Crippen LogP contribution is -2.35. The van der Waals surface area contributed by atoms with Gasteiger partial charge in [0.1, 0.15) is 0 Å². The Morgan fingerprint density at radius 2 is 1.76 bits per heavy atom. The van der Waals surface area contributed by atoms with Crippen LogP contribution in [0, 0.1) is 13.8 Å². The van der Waals surface area contributed by atoms with E-state index in [4.69, 9.17) is 0 Å². The highest BCUT2D eigenvalue weighted by atomic mass is 16.2. The minimum Gasteiger partial charge on any atom is -0.358 e. The fourth-order valence-electron chi connectivity index (χ4n) is 2.88. The predicted octanol–water partition coefficient (Wildman–Crippen LogP) is 3.50. The minimum atomic E-state index is -0.229. The summed E-state index contributed by atoms with van der Waals surface area (Å²) >= 11 is 0. The molecule has 2 N–H and O–H groups in total. The SMILES string of the molecule is Cc1[nH]c2c(C(=O)N(C)CC(=O)Nc3ccccc3)cccc2c1C. The first-order chi connectivity index (χ1) is 12.0. The van der Waals surface area contributed by atoms with Gasteiger partial charge in [-0.15, -0.1) is 0 Å². The number of nitrogens with zero attached hydrogens (tertiary/aromatic N) is 1. The molecular weight excluding hydrogens is 314 g/mol. The molecule has 0 bridgehead atoms. The van der Waals surface area contributed by atoms with Gasteiger partial charge in [0.05, 0.1) is 17.6 Å². The van der Waals surface area contributed by atoms with Crippen molar-refractivity contribution < 1.29 is 9.59 Å². The first kappa shape index (κ1) is 16.8. The highest BCUT2D eigenvalue weighted by Gasteiger charge is 2.19. The molecular formula is C20H21N3O2. The Bertz CT molecular complexity index is 929. The number of amides is 2. The van der Waals surface area contributed by atoms with E-state index in [0.717, 1.165) is 22.2 Å². The number of benzene rings is 2. The molecule has 0 saturated carbocycles. The third kappa shape index (κ3) is 3.40. The summed E-state index contributed by atoms with van der Waals surface area (Å²) in [5.41, 5.74) is 4.28. The van der Waals surface area contributed by atoms with Gasteiger partial charge in [0.25, 0.3) is 5.91 Å². The fourth-order valence-corrected chi connectivity index (χ4v) is 2.88. The summed E-state index contributed by atoms with van der Waals surface area (Å²) in [6, 6.07) is 14.8. The first-order valence-electron chi connectivity index (χ1n) is 8.15. The van der Waals surface area contributed by atoms with Crippen LogP contribution >= 0.6 is 0 Å². The molecule has 0 saturated heterocycles. The number of nitrogens with one attached hydrogen (secondary N) is 2. The first-order valence-corrected chi connectivity index (χ1v) is 8.15. The van der Waals surface area contributed by atoms with Crippen molar-refractivity contribution in [1.82, 2.24) is 9.88 Å². The quantitative estimate of drug-likeness (QED) is 0.766. The number of fused-ring (bicyclic) bond motifs is 1. The van der Waals surface area contributed by atoms with Crippen LogP contribution in [0.25, 0.3) is 10.9 Å². The van der Waals surface area contributed by atoms with Crippen LogP contribution in [0.4, 0.5) is 5.69 Å². The lowest BCUT2D eigenvalue weighted by molar-refractivity contribution is -0.116. The van der Waals surface area contributed by atoms with Gasteiger partial charge >= 0.3 is 0 Å². The van der Waals surface area contributed by atoms with Crippen molar-refractivity contribution in [2.24, 2.45) is 0 Å². The van der Waals surface area contributed by atoms with Gasteiger partial charge in [-0.05, 0) is 37.6 Å². The molecule has 1 heterocycles. The molecule has 2 amide bonds. The molecule has 0 radical (unpaired) electrons. The molecule has 1 aromatic heterocycles. The molecule has 2 aromatic carbocycles. The van der Waals surface area contributed by atoms with E-state index in [2.05, 4.69) is 10.3 Å². The summed E-state index contributed by atoms with van der Waals surface area (Å²) in [6.07, 6.45) is 0. The van der Waals surface area contributed by atoms with Crippen molar-refractivity contribution in [3.05, 3.63) is 65.4 Å². The van der Waals surface area contributed by atoms with Crippen LogP contribution in [0.5, 0.6) is 0 Å². The highest BCUT2D eigenvalue weighted by molar-refractivity contribution is 6.08. The van der Waals surface area contributed by atoms with E-state index < -0.39 is 0 Å². The largest absolute Gasteiger partial charge is 0.358 e. The maximum atomic E-state index is 12.8. The third-order valence-corrected chi connectivity index (χ3v) is 4.36. The summed E-state index contributed by atoms with van der Waals surface area (Å²) in [5, 5.41) is 3.82. The van der Waals surface area contributed by atoms with Crippen molar-refractivity contribution >= 4 is 28.4 Å². The standard InChI is InChI=1S/C20H21N3O2/c1-13-14(2)21-19-16(13)10-7-11-17(19)20(25)23(3)12-18(24)22-15-8-5-4-6-9-15/h4-11,21H,12H2,1-3H3,(H,22,24). The van der Waals surface area contributed by atoms with Crippen molar-refractivity contribution in [2.45, 2.75) is 13.8 Å². The molecule has 0 unspecified atom stereocenters. The number of para-hydroxylation sites is 2. The highest BCUT2D eigenvalue weighted by Crippen LogP contribution is 2.24. The molecule has 0 aliphatic rings. The van der Waals surface area contributed by atoms with Crippen molar-refractivity contribution in [2.75, 3.05) is 18.9 Å². The van der Waals surface area contributed by atoms with E-state index in [1.54, 1.807) is 13.1 Å². The summed E-state index contributed by atoms with van der Waals surface area (Å²) in [5.74, 6) is -0.414. The number of H-pyrrole nitrogens is 1. The van der Waals surface area contributed by atoms with Crippen molar-refractivity contribution in [3.63, 3.8) is 0 Å². The zero-order valence-corrected chi connectivity index (χ0v) is 14.6. The Kier molecular flexibility index (Phi) is 4.57. The monoisotopic (exact) mass is 335 g/mol. The lowest BCUT2D eigenvalue weighted by Gasteiger charge is -2.17. The number of hydrogen-bond acceptors (Lipinski definition) is 2. The number of aromatic nitrogens is 1. The van der Waals surface area contributed by atoms with E-state index in [-0.39, 0.29) is 18.4 Å². The van der Waals surface area contributed by atoms with Crippen LogP contribution in [0.3, 0.4) is 0 Å². The number of hydrogen-bond donors (Lipinski definition) is 2. The van der Waals surface area contributed by atoms with E-state index in [0.29, 0.717) is 11.3 Å². The van der Waals surface area contributed by atoms with Gasteiger partial charge in [-0.2, -0.15) is 0 Å². The number of anilines is 1. The molecule has 128 valence electrons. The summed E-state index contributed by atoms with van der Waals surface area (Å²) in [6.45, 7) is 4.00. The normalized spacial score (nSPS) is 10.7. The molecule has 5 heteroatoms. The summed E-state index contributed by atoms with van der Waals surface area (Å²) < 4.78 is 0. The third-order valence-electron chi connectivity index (χ3n) is 4.36. The number of carbonyl (C=O) groups is 2. The molecule has 0 aliphatic carbocycles. The van der Waals surface area contributed by atoms with Gasteiger partial charge in [0.15, 0.2) is 0 Å². The maximum Gasteiger partial charge on any atom is 0.256 e. The molecule has 3 rings (SSSR count). The Labute approximate surface area is 146 Å². The minimum absolute atomic E-state index is 0.0111. The molecule has 3 aromatic rings. The average Bonchev–Trinajstić information content (AvgIpc) is 2.89. The second-order valence-corrected chi connectivity index (χ2v) is 6.18.